The van der Waals surface area contributed by atoms with Crippen molar-refractivity contribution >= 4 is 23.4 Å². The van der Waals surface area contributed by atoms with Crippen LogP contribution >= 0.6 is 0 Å². The van der Waals surface area contributed by atoms with E-state index in [4.69, 9.17) is 0 Å². The van der Waals surface area contributed by atoms with E-state index in [1.54, 1.807) is 11.0 Å². The molecule has 246 valence electrons. The highest BCUT2D eigenvalue weighted by Gasteiger charge is 2.41. The van der Waals surface area contributed by atoms with Gasteiger partial charge < -0.3 is 14.9 Å². The fourth-order valence-electron chi connectivity index (χ4n) is 7.56. The molecule has 1 aromatic heterocycles. The summed E-state index contributed by atoms with van der Waals surface area (Å²) < 4.78 is 0. The van der Waals surface area contributed by atoms with Crippen LogP contribution in [0.5, 0.6) is 0 Å². The van der Waals surface area contributed by atoms with Crippen molar-refractivity contribution in [2.45, 2.75) is 88.9 Å². The second kappa shape index (κ2) is 12.8. The third-order valence-electron chi connectivity index (χ3n) is 10.7. The number of nitrogens with zero attached hydrogens (tertiary/aromatic N) is 5. The summed E-state index contributed by atoms with van der Waals surface area (Å²) in [5.74, 6) is 0.925. The van der Waals surface area contributed by atoms with Crippen LogP contribution in [-0.2, 0) is 28.3 Å². The van der Waals surface area contributed by atoms with Crippen LogP contribution in [0.25, 0.3) is 0 Å². The van der Waals surface area contributed by atoms with Crippen molar-refractivity contribution in [2.24, 2.45) is 0 Å². The number of rotatable bonds is 7. The molecule has 0 spiro atoms. The fourth-order valence-corrected chi connectivity index (χ4v) is 7.56. The highest BCUT2D eigenvalue weighted by Crippen LogP contribution is 2.37. The van der Waals surface area contributed by atoms with Crippen LogP contribution in [0.15, 0.2) is 54.9 Å². The number of likely N-dealkylation sites (tertiary alicyclic amines) is 1. The van der Waals surface area contributed by atoms with Crippen LogP contribution in [0.3, 0.4) is 0 Å². The number of aliphatic hydroxyl groups is 1. The quantitative estimate of drug-likeness (QED) is 0.370. The Labute approximate surface area is 276 Å². The monoisotopic (exact) mass is 636 g/mol. The normalized spacial score (nSPS) is 22.1. The highest BCUT2D eigenvalue weighted by molar-refractivity contribution is 6.05. The largest absolute Gasteiger partial charge is 0.385 e. The molecule has 2 aromatic carbocycles. The first-order chi connectivity index (χ1) is 22.7. The van der Waals surface area contributed by atoms with Crippen LogP contribution in [-0.4, -0.2) is 74.8 Å². The lowest BCUT2D eigenvalue weighted by Gasteiger charge is -2.39. The van der Waals surface area contributed by atoms with Crippen LogP contribution in [0.4, 0.5) is 5.69 Å². The Hall–Kier alpha value is -4.15. The summed E-state index contributed by atoms with van der Waals surface area (Å²) in [6.45, 7) is 9.00. The Kier molecular flexibility index (Phi) is 8.57. The molecular weight excluding hydrogens is 592 g/mol. The molecule has 4 aliphatic heterocycles. The SMILES string of the molecule is CC(C)c1cnc(C2CCN(c3ccc(CN4CCC(O)(c5ccc6c(c5)CN(C5CCC(=O)NC5=O)C6=O)CC4)cc3)CC2)nc1. The molecule has 47 heavy (non-hydrogen) atoms. The number of nitrogens with one attached hydrogen (secondary N) is 1. The van der Waals surface area contributed by atoms with E-state index in [2.05, 4.69) is 63.2 Å². The van der Waals surface area contributed by atoms with Gasteiger partial charge in [-0.3, -0.25) is 24.6 Å². The van der Waals surface area contributed by atoms with E-state index in [1.165, 1.54) is 16.8 Å². The number of carbonyl (C=O) groups is 3. The molecule has 0 saturated carbocycles. The Morgan fingerprint density at radius 1 is 0.936 bits per heavy atom. The summed E-state index contributed by atoms with van der Waals surface area (Å²) in [5.41, 5.74) is 4.95. The summed E-state index contributed by atoms with van der Waals surface area (Å²) in [6, 6.07) is 13.8. The van der Waals surface area contributed by atoms with E-state index in [9.17, 15) is 19.5 Å². The molecule has 7 rings (SSSR count). The van der Waals surface area contributed by atoms with Crippen LogP contribution < -0.4 is 10.2 Å². The zero-order chi connectivity index (χ0) is 32.7. The smallest absolute Gasteiger partial charge is 0.255 e. The molecular formula is C37H44N6O4. The minimum absolute atomic E-state index is 0.194. The van der Waals surface area contributed by atoms with Gasteiger partial charge in [-0.05, 0) is 78.5 Å². The highest BCUT2D eigenvalue weighted by atomic mass is 16.3. The number of aromatic nitrogens is 2. The maximum absolute atomic E-state index is 13.1. The zero-order valence-electron chi connectivity index (χ0n) is 27.3. The van der Waals surface area contributed by atoms with E-state index in [1.807, 2.05) is 24.5 Å². The first-order valence-corrected chi connectivity index (χ1v) is 17.1. The number of amides is 3. The second-order valence-corrected chi connectivity index (χ2v) is 14.0. The molecule has 3 saturated heterocycles. The van der Waals surface area contributed by atoms with Crippen LogP contribution in [0, 0.1) is 0 Å². The molecule has 0 radical (unpaired) electrons. The summed E-state index contributed by atoms with van der Waals surface area (Å²) in [5, 5.41) is 14.0. The summed E-state index contributed by atoms with van der Waals surface area (Å²) in [4.78, 5) is 52.8. The molecule has 3 amide bonds. The van der Waals surface area contributed by atoms with Gasteiger partial charge in [0, 0.05) is 75.3 Å². The summed E-state index contributed by atoms with van der Waals surface area (Å²) in [7, 11) is 0. The van der Waals surface area contributed by atoms with Gasteiger partial charge in [0.1, 0.15) is 11.9 Å². The third-order valence-corrected chi connectivity index (χ3v) is 10.7. The molecule has 5 heterocycles. The van der Waals surface area contributed by atoms with E-state index in [0.717, 1.165) is 62.5 Å². The number of anilines is 1. The molecule has 2 N–H and O–H groups in total. The molecule has 0 aliphatic carbocycles. The molecule has 1 atom stereocenters. The molecule has 10 nitrogen and oxygen atoms in total. The topological polar surface area (TPSA) is 119 Å². The summed E-state index contributed by atoms with van der Waals surface area (Å²) in [6.07, 6.45) is 7.85. The van der Waals surface area contributed by atoms with Gasteiger partial charge in [-0.1, -0.05) is 38.1 Å². The van der Waals surface area contributed by atoms with Gasteiger partial charge in [-0.2, -0.15) is 0 Å². The number of hydrogen-bond acceptors (Lipinski definition) is 8. The minimum atomic E-state index is -0.964. The van der Waals surface area contributed by atoms with Crippen molar-refractivity contribution in [3.05, 3.63) is 88.5 Å². The number of imide groups is 1. The standard InChI is InChI=1S/C37H44N6O4/c1-24(2)28-20-38-34(39-21-28)26-11-15-42(16-12-26)30-6-3-25(4-7-30)22-41-17-13-37(47,14-18-41)29-5-8-31-27(19-29)23-43(36(31)46)32-9-10-33(44)40-35(32)45/h3-8,19-21,24,26,32,47H,9-18,22-23H2,1-2H3,(H,40,44,45). The van der Waals surface area contributed by atoms with Crippen LogP contribution in [0.1, 0.15) is 103 Å². The maximum Gasteiger partial charge on any atom is 0.255 e. The zero-order valence-corrected chi connectivity index (χ0v) is 27.3. The van der Waals surface area contributed by atoms with Crippen molar-refractivity contribution in [1.82, 2.24) is 25.1 Å². The third kappa shape index (κ3) is 6.41. The van der Waals surface area contributed by atoms with Gasteiger partial charge in [-0.15, -0.1) is 0 Å². The lowest BCUT2D eigenvalue weighted by Crippen LogP contribution is -2.52. The van der Waals surface area contributed by atoms with Crippen molar-refractivity contribution in [3.63, 3.8) is 0 Å². The van der Waals surface area contributed by atoms with E-state index in [-0.39, 0.29) is 18.2 Å². The van der Waals surface area contributed by atoms with E-state index in [0.29, 0.717) is 43.2 Å². The van der Waals surface area contributed by atoms with Crippen molar-refractivity contribution < 1.29 is 19.5 Å². The van der Waals surface area contributed by atoms with Crippen molar-refractivity contribution in [1.29, 1.82) is 0 Å². The Bertz CT molecular complexity index is 1640. The minimum Gasteiger partial charge on any atom is -0.385 e. The predicted molar refractivity (Wildman–Crippen MR) is 178 cm³/mol. The Morgan fingerprint density at radius 3 is 2.30 bits per heavy atom. The average Bonchev–Trinajstić information content (AvgIpc) is 3.41. The van der Waals surface area contributed by atoms with Crippen molar-refractivity contribution in [3.8, 4) is 0 Å². The van der Waals surface area contributed by atoms with Crippen molar-refractivity contribution in [2.75, 3.05) is 31.1 Å². The average molecular weight is 637 g/mol. The predicted octanol–water partition coefficient (Wildman–Crippen LogP) is 4.23. The number of benzene rings is 2. The van der Waals surface area contributed by atoms with Gasteiger partial charge in [0.25, 0.3) is 5.91 Å². The lowest BCUT2D eigenvalue weighted by atomic mass is 9.83. The maximum atomic E-state index is 13.1. The van der Waals surface area contributed by atoms with Gasteiger partial charge in [0.2, 0.25) is 11.8 Å². The Balaban J connectivity index is 0.908. The molecule has 10 heteroatoms. The van der Waals surface area contributed by atoms with E-state index >= 15 is 0 Å². The first-order valence-electron chi connectivity index (χ1n) is 17.1. The van der Waals surface area contributed by atoms with Gasteiger partial charge in [0.05, 0.1) is 5.60 Å². The molecule has 0 bridgehead atoms. The van der Waals surface area contributed by atoms with E-state index < -0.39 is 17.6 Å². The van der Waals surface area contributed by atoms with Gasteiger partial charge in [0.15, 0.2) is 0 Å². The first kappa shape index (κ1) is 31.4. The number of piperidine rings is 3. The molecule has 3 fully saturated rings. The second-order valence-electron chi connectivity index (χ2n) is 14.0. The fraction of sp³-hybridized carbons (Fsp3) is 0.486. The van der Waals surface area contributed by atoms with Crippen LogP contribution in [0.2, 0.25) is 0 Å². The Morgan fingerprint density at radius 2 is 1.64 bits per heavy atom. The van der Waals surface area contributed by atoms with Gasteiger partial charge >= 0.3 is 0 Å². The molecule has 1 unspecified atom stereocenters. The summed E-state index contributed by atoms with van der Waals surface area (Å²) >= 11 is 0. The molecule has 4 aliphatic rings. The number of fused-ring (bicyclic) bond motifs is 1. The number of carbonyl (C=O) groups excluding carboxylic acids is 3. The number of hydrogen-bond donors (Lipinski definition) is 2. The molecule has 3 aromatic rings. The van der Waals surface area contributed by atoms with Gasteiger partial charge in [-0.25, -0.2) is 9.97 Å². The lowest BCUT2D eigenvalue weighted by molar-refractivity contribution is -0.136.